The number of nitrogens with zero attached hydrogens (tertiary/aromatic N) is 2. The van der Waals surface area contributed by atoms with Gasteiger partial charge in [0.15, 0.2) is 0 Å². The molecule has 1 aliphatic heterocycles. The predicted molar refractivity (Wildman–Crippen MR) is 76.0 cm³/mol. The molecule has 0 atom stereocenters. The van der Waals surface area contributed by atoms with Crippen molar-refractivity contribution in [1.82, 2.24) is 10.3 Å². The van der Waals surface area contributed by atoms with Crippen LogP contribution in [0.15, 0.2) is 30.5 Å². The summed E-state index contributed by atoms with van der Waals surface area (Å²) in [7, 11) is 0. The topological polar surface area (TPSA) is 71.2 Å². The van der Waals surface area contributed by atoms with Crippen LogP contribution < -0.4 is 16.0 Å². The Morgan fingerprint density at radius 1 is 1.32 bits per heavy atom. The number of benzene rings is 1. The molecule has 2 aromatic rings. The number of pyridine rings is 1. The molecule has 1 aromatic carbocycles. The number of rotatable bonds is 1. The van der Waals surface area contributed by atoms with Gasteiger partial charge in [-0.3, -0.25) is 9.78 Å². The highest BCUT2D eigenvalue weighted by atomic mass is 16.2. The second-order valence-corrected chi connectivity index (χ2v) is 4.73. The van der Waals surface area contributed by atoms with Crippen molar-refractivity contribution in [2.45, 2.75) is 6.42 Å². The van der Waals surface area contributed by atoms with Crippen LogP contribution in [0, 0.1) is 0 Å². The van der Waals surface area contributed by atoms with Crippen LogP contribution in [0.3, 0.4) is 0 Å². The van der Waals surface area contributed by atoms with Crippen LogP contribution in [-0.2, 0) is 4.79 Å². The Morgan fingerprint density at radius 3 is 3.11 bits per heavy atom. The molecule has 19 heavy (non-hydrogen) atoms. The standard InChI is InChI=1S/C14H16N4O/c15-10-2-3-11-12(8-10)16-6-4-13(11)18-7-1-5-17-14(19)9-18/h2-4,6,8H,1,5,7,9,15H2,(H,17,19). The van der Waals surface area contributed by atoms with E-state index in [0.717, 1.165) is 36.1 Å². The number of aromatic nitrogens is 1. The van der Waals surface area contributed by atoms with Gasteiger partial charge >= 0.3 is 0 Å². The van der Waals surface area contributed by atoms with Gasteiger partial charge in [-0.15, -0.1) is 0 Å². The first-order valence-corrected chi connectivity index (χ1v) is 6.40. The molecule has 3 N–H and O–H groups in total. The van der Waals surface area contributed by atoms with Gasteiger partial charge in [0.1, 0.15) is 0 Å². The third-order valence-corrected chi connectivity index (χ3v) is 3.35. The van der Waals surface area contributed by atoms with E-state index in [1.807, 2.05) is 24.3 Å². The summed E-state index contributed by atoms with van der Waals surface area (Å²) in [6.45, 7) is 2.00. The summed E-state index contributed by atoms with van der Waals surface area (Å²) in [5.41, 5.74) is 8.39. The summed E-state index contributed by atoms with van der Waals surface area (Å²) in [5, 5.41) is 3.92. The van der Waals surface area contributed by atoms with Crippen molar-refractivity contribution >= 4 is 28.2 Å². The number of hydrogen-bond acceptors (Lipinski definition) is 4. The average Bonchev–Trinajstić information content (AvgIpc) is 2.62. The zero-order chi connectivity index (χ0) is 13.2. The maximum absolute atomic E-state index is 11.7. The van der Waals surface area contributed by atoms with E-state index in [1.165, 1.54) is 0 Å². The van der Waals surface area contributed by atoms with Crippen molar-refractivity contribution in [2.24, 2.45) is 0 Å². The number of anilines is 2. The highest BCUT2D eigenvalue weighted by Gasteiger charge is 2.17. The van der Waals surface area contributed by atoms with Gasteiger partial charge in [-0.05, 0) is 30.7 Å². The first kappa shape index (κ1) is 11.8. The molecule has 0 spiro atoms. The van der Waals surface area contributed by atoms with Crippen LogP contribution in [0.4, 0.5) is 11.4 Å². The SMILES string of the molecule is Nc1ccc2c(N3CCCNC(=O)C3)ccnc2c1. The van der Waals surface area contributed by atoms with Crippen molar-refractivity contribution in [1.29, 1.82) is 0 Å². The van der Waals surface area contributed by atoms with Gasteiger partial charge < -0.3 is 16.0 Å². The molecule has 1 fully saturated rings. The van der Waals surface area contributed by atoms with Crippen molar-refractivity contribution in [3.8, 4) is 0 Å². The van der Waals surface area contributed by atoms with Crippen molar-refractivity contribution in [3.05, 3.63) is 30.5 Å². The lowest BCUT2D eigenvalue weighted by atomic mass is 10.1. The Hall–Kier alpha value is -2.30. The average molecular weight is 256 g/mol. The summed E-state index contributed by atoms with van der Waals surface area (Å²) in [4.78, 5) is 18.1. The van der Waals surface area contributed by atoms with Gasteiger partial charge in [-0.1, -0.05) is 0 Å². The number of nitrogens with one attached hydrogen (secondary N) is 1. The molecule has 0 aliphatic carbocycles. The fraction of sp³-hybridized carbons (Fsp3) is 0.286. The summed E-state index contributed by atoms with van der Waals surface area (Å²) >= 11 is 0. The zero-order valence-corrected chi connectivity index (χ0v) is 10.6. The molecule has 2 heterocycles. The molecular weight excluding hydrogens is 240 g/mol. The predicted octanol–water partition coefficient (Wildman–Crippen LogP) is 1.14. The van der Waals surface area contributed by atoms with E-state index in [1.54, 1.807) is 6.20 Å². The largest absolute Gasteiger partial charge is 0.399 e. The summed E-state index contributed by atoms with van der Waals surface area (Å²) in [6.07, 6.45) is 2.71. The number of carbonyl (C=O) groups excluding carboxylic acids is 1. The first-order valence-electron chi connectivity index (χ1n) is 6.40. The van der Waals surface area contributed by atoms with Gasteiger partial charge in [0.25, 0.3) is 0 Å². The molecule has 1 aromatic heterocycles. The van der Waals surface area contributed by atoms with E-state index in [0.29, 0.717) is 12.2 Å². The highest BCUT2D eigenvalue weighted by Crippen LogP contribution is 2.27. The lowest BCUT2D eigenvalue weighted by Gasteiger charge is -2.22. The molecule has 3 rings (SSSR count). The van der Waals surface area contributed by atoms with E-state index in [9.17, 15) is 4.79 Å². The van der Waals surface area contributed by atoms with Crippen LogP contribution in [0.25, 0.3) is 10.9 Å². The molecular formula is C14H16N4O. The van der Waals surface area contributed by atoms with Gasteiger partial charge in [0.05, 0.1) is 12.1 Å². The normalized spacial score (nSPS) is 16.2. The van der Waals surface area contributed by atoms with Gasteiger partial charge in [-0.2, -0.15) is 0 Å². The molecule has 5 heteroatoms. The van der Waals surface area contributed by atoms with Crippen LogP contribution in [-0.4, -0.2) is 30.5 Å². The van der Waals surface area contributed by atoms with E-state index in [4.69, 9.17) is 5.73 Å². The Kier molecular flexibility index (Phi) is 2.95. The van der Waals surface area contributed by atoms with Gasteiger partial charge in [0.2, 0.25) is 5.91 Å². The monoisotopic (exact) mass is 256 g/mol. The highest BCUT2D eigenvalue weighted by molar-refractivity contribution is 5.95. The lowest BCUT2D eigenvalue weighted by Crippen LogP contribution is -2.33. The number of nitrogen functional groups attached to an aromatic ring is 1. The molecule has 1 aliphatic rings. The van der Waals surface area contributed by atoms with Crippen molar-refractivity contribution in [3.63, 3.8) is 0 Å². The minimum Gasteiger partial charge on any atom is -0.399 e. The van der Waals surface area contributed by atoms with Crippen LogP contribution in [0.2, 0.25) is 0 Å². The smallest absolute Gasteiger partial charge is 0.239 e. The number of amides is 1. The molecule has 1 saturated heterocycles. The van der Waals surface area contributed by atoms with E-state index < -0.39 is 0 Å². The third-order valence-electron chi connectivity index (χ3n) is 3.35. The Labute approximate surface area is 111 Å². The Bertz CT molecular complexity index is 626. The fourth-order valence-electron chi connectivity index (χ4n) is 2.44. The van der Waals surface area contributed by atoms with Crippen LogP contribution >= 0.6 is 0 Å². The number of hydrogen-bond donors (Lipinski definition) is 2. The molecule has 0 saturated carbocycles. The summed E-state index contributed by atoms with van der Waals surface area (Å²) in [5.74, 6) is 0.0675. The molecule has 0 unspecified atom stereocenters. The molecule has 1 amide bonds. The lowest BCUT2D eigenvalue weighted by molar-refractivity contribution is -0.119. The molecule has 0 radical (unpaired) electrons. The quantitative estimate of drug-likeness (QED) is 0.751. The summed E-state index contributed by atoms with van der Waals surface area (Å²) in [6, 6.07) is 7.65. The molecule has 0 bridgehead atoms. The minimum absolute atomic E-state index is 0.0675. The Morgan fingerprint density at radius 2 is 2.21 bits per heavy atom. The van der Waals surface area contributed by atoms with Crippen molar-refractivity contribution < 1.29 is 4.79 Å². The minimum atomic E-state index is 0.0675. The number of fused-ring (bicyclic) bond motifs is 1. The molecule has 5 nitrogen and oxygen atoms in total. The van der Waals surface area contributed by atoms with Gasteiger partial charge in [0, 0.05) is 36.0 Å². The second-order valence-electron chi connectivity index (χ2n) is 4.73. The third kappa shape index (κ3) is 2.31. The van der Waals surface area contributed by atoms with E-state index in [2.05, 4.69) is 15.2 Å². The first-order chi connectivity index (χ1) is 9.24. The van der Waals surface area contributed by atoms with E-state index in [-0.39, 0.29) is 5.91 Å². The zero-order valence-electron chi connectivity index (χ0n) is 10.6. The number of nitrogens with two attached hydrogens (primary N) is 1. The van der Waals surface area contributed by atoms with Gasteiger partial charge in [-0.25, -0.2) is 0 Å². The van der Waals surface area contributed by atoms with E-state index >= 15 is 0 Å². The maximum atomic E-state index is 11.7. The van der Waals surface area contributed by atoms with Crippen LogP contribution in [0.5, 0.6) is 0 Å². The number of carbonyl (C=O) groups is 1. The van der Waals surface area contributed by atoms with Crippen LogP contribution in [0.1, 0.15) is 6.42 Å². The van der Waals surface area contributed by atoms with Crippen molar-refractivity contribution in [2.75, 3.05) is 30.3 Å². The second kappa shape index (κ2) is 4.76. The Balaban J connectivity index is 2.06. The maximum Gasteiger partial charge on any atom is 0.239 e. The summed E-state index contributed by atoms with van der Waals surface area (Å²) < 4.78 is 0. The molecule has 98 valence electrons. The fourth-order valence-corrected chi connectivity index (χ4v) is 2.44.